The highest BCUT2D eigenvalue weighted by atomic mass is 16.6. The van der Waals surface area contributed by atoms with Crippen LogP contribution in [0.1, 0.15) is 57.6 Å². The summed E-state index contributed by atoms with van der Waals surface area (Å²) in [7, 11) is 0. The van der Waals surface area contributed by atoms with E-state index in [1.165, 1.54) is 0 Å². The largest absolute Gasteiger partial charge is 0.445 e. The lowest BCUT2D eigenvalue weighted by Gasteiger charge is -2.34. The van der Waals surface area contributed by atoms with E-state index in [-0.39, 0.29) is 36.9 Å². The number of carbonyl (C=O) groups excluding carboxylic acids is 4. The molecule has 2 aliphatic rings. The zero-order valence-corrected chi connectivity index (χ0v) is 25.4. The van der Waals surface area contributed by atoms with E-state index < -0.39 is 23.8 Å². The first-order chi connectivity index (χ1) is 20.6. The predicted octanol–water partition coefficient (Wildman–Crippen LogP) is 4.28. The zero-order valence-electron chi connectivity index (χ0n) is 25.4. The summed E-state index contributed by atoms with van der Waals surface area (Å²) < 4.78 is 10.9. The van der Waals surface area contributed by atoms with Crippen molar-refractivity contribution in [2.24, 2.45) is 5.92 Å². The van der Waals surface area contributed by atoms with Crippen molar-refractivity contribution in [1.29, 1.82) is 0 Å². The Morgan fingerprint density at radius 2 is 1.56 bits per heavy atom. The molecule has 2 saturated heterocycles. The molecule has 0 spiro atoms. The van der Waals surface area contributed by atoms with Crippen molar-refractivity contribution in [1.82, 2.24) is 20.4 Å². The molecule has 43 heavy (non-hydrogen) atoms. The zero-order chi connectivity index (χ0) is 30.8. The average molecular weight is 593 g/mol. The van der Waals surface area contributed by atoms with Gasteiger partial charge in [0.2, 0.25) is 11.8 Å². The lowest BCUT2D eigenvalue weighted by Crippen LogP contribution is -2.55. The normalized spacial score (nSPS) is 19.3. The fraction of sp³-hybridized carbons (Fsp3) is 0.515. The van der Waals surface area contributed by atoms with Crippen LogP contribution in [0.15, 0.2) is 60.7 Å². The molecule has 2 aromatic rings. The number of alkyl carbamates (subject to hydrolysis) is 1. The van der Waals surface area contributed by atoms with Gasteiger partial charge in [-0.1, -0.05) is 60.7 Å². The molecule has 1 unspecified atom stereocenters. The van der Waals surface area contributed by atoms with Gasteiger partial charge in [-0.25, -0.2) is 9.59 Å². The van der Waals surface area contributed by atoms with E-state index in [1.807, 2.05) is 81.4 Å². The molecule has 2 aliphatic heterocycles. The second-order valence-electron chi connectivity index (χ2n) is 12.3. The molecule has 0 radical (unpaired) electrons. The third-order valence-corrected chi connectivity index (χ3v) is 7.66. The van der Waals surface area contributed by atoms with Gasteiger partial charge in [0.15, 0.2) is 0 Å². The van der Waals surface area contributed by atoms with E-state index in [0.717, 1.165) is 24.0 Å². The number of hydrogen-bond acceptors (Lipinski definition) is 6. The Balaban J connectivity index is 1.35. The highest BCUT2D eigenvalue weighted by molar-refractivity contribution is 5.92. The van der Waals surface area contributed by atoms with Gasteiger partial charge in [0.1, 0.15) is 24.3 Å². The van der Waals surface area contributed by atoms with Crippen LogP contribution < -0.4 is 10.6 Å². The summed E-state index contributed by atoms with van der Waals surface area (Å²) in [6.45, 7) is 7.59. The summed E-state index contributed by atoms with van der Waals surface area (Å²) in [5.41, 5.74) is 1.16. The summed E-state index contributed by atoms with van der Waals surface area (Å²) in [5.74, 6) is -0.431. The maximum atomic E-state index is 13.8. The van der Waals surface area contributed by atoms with E-state index in [2.05, 4.69) is 10.6 Å². The summed E-state index contributed by atoms with van der Waals surface area (Å²) >= 11 is 0. The first-order valence-electron chi connectivity index (χ1n) is 15.2. The average Bonchev–Trinajstić information content (AvgIpc) is 3.49. The van der Waals surface area contributed by atoms with E-state index in [9.17, 15) is 19.2 Å². The number of piperidine rings is 1. The predicted molar refractivity (Wildman–Crippen MR) is 162 cm³/mol. The van der Waals surface area contributed by atoms with Crippen LogP contribution >= 0.6 is 0 Å². The molecule has 2 heterocycles. The molecule has 3 atom stereocenters. The van der Waals surface area contributed by atoms with E-state index in [4.69, 9.17) is 9.47 Å². The third-order valence-electron chi connectivity index (χ3n) is 7.66. The highest BCUT2D eigenvalue weighted by Gasteiger charge is 2.38. The number of likely N-dealkylation sites (tertiary alicyclic amines) is 2. The first-order valence-corrected chi connectivity index (χ1v) is 15.2. The van der Waals surface area contributed by atoms with Crippen LogP contribution in [0, 0.1) is 5.92 Å². The fourth-order valence-electron chi connectivity index (χ4n) is 5.55. The molecule has 0 aromatic heterocycles. The second-order valence-corrected chi connectivity index (χ2v) is 12.3. The summed E-state index contributed by atoms with van der Waals surface area (Å²) in [5, 5.41) is 5.78. The Morgan fingerprint density at radius 1 is 0.907 bits per heavy atom. The smallest absolute Gasteiger partial charge is 0.410 e. The van der Waals surface area contributed by atoms with Crippen LogP contribution in [0.25, 0.3) is 0 Å². The minimum absolute atomic E-state index is 0.0835. The van der Waals surface area contributed by atoms with Gasteiger partial charge in [0.05, 0.1) is 0 Å². The van der Waals surface area contributed by atoms with Gasteiger partial charge in [0.25, 0.3) is 0 Å². The standard InChI is InChI=1S/C33H44N4O6/c1-33(2,3)43-32(41)36-18-10-16-26(22-36)21-34-29(38)28-17-11-19-37(28)30(39)27(20-24-12-6-4-7-13-24)35-31(40)42-23-25-14-8-5-9-15-25/h4-9,12-15,26-28H,10-11,16-23H2,1-3H3,(H,34,38)(H,35,40)/t26?,27-,28+/m1/s1. The van der Waals surface area contributed by atoms with Crippen molar-refractivity contribution >= 4 is 24.0 Å². The summed E-state index contributed by atoms with van der Waals surface area (Å²) in [4.78, 5) is 55.8. The molecule has 2 N–H and O–H groups in total. The lowest BCUT2D eigenvalue weighted by atomic mass is 9.98. The van der Waals surface area contributed by atoms with Crippen molar-refractivity contribution in [2.45, 2.75) is 77.2 Å². The summed E-state index contributed by atoms with van der Waals surface area (Å²) in [6, 6.07) is 17.3. The van der Waals surface area contributed by atoms with Crippen molar-refractivity contribution < 1.29 is 28.7 Å². The molecule has 232 valence electrons. The number of hydrogen-bond donors (Lipinski definition) is 2. The maximum Gasteiger partial charge on any atom is 0.410 e. The summed E-state index contributed by atoms with van der Waals surface area (Å²) in [6.07, 6.45) is 2.20. The van der Waals surface area contributed by atoms with Gasteiger partial charge in [-0.2, -0.15) is 0 Å². The Labute approximate surface area is 254 Å². The number of nitrogens with one attached hydrogen (secondary N) is 2. The molecular weight excluding hydrogens is 548 g/mol. The van der Waals surface area contributed by atoms with Gasteiger partial charge in [-0.05, 0) is 63.5 Å². The monoisotopic (exact) mass is 592 g/mol. The number of carbonyl (C=O) groups is 4. The SMILES string of the molecule is CC(C)(C)OC(=O)N1CCCC(CNC(=O)[C@@H]2CCCN2C(=O)[C@@H](Cc2ccccc2)NC(=O)OCc2ccccc2)C1. The van der Waals surface area contributed by atoms with Crippen molar-refractivity contribution in [3.8, 4) is 0 Å². The Bertz CT molecular complexity index is 1230. The van der Waals surface area contributed by atoms with E-state index in [0.29, 0.717) is 39.0 Å². The van der Waals surface area contributed by atoms with Crippen LogP contribution in [0.3, 0.4) is 0 Å². The number of amides is 4. The van der Waals surface area contributed by atoms with Crippen molar-refractivity contribution in [3.63, 3.8) is 0 Å². The number of benzene rings is 2. The van der Waals surface area contributed by atoms with Gasteiger partial charge >= 0.3 is 12.2 Å². The third kappa shape index (κ3) is 9.73. The van der Waals surface area contributed by atoms with Crippen LogP contribution in [0.5, 0.6) is 0 Å². The molecule has 0 bridgehead atoms. The second kappa shape index (κ2) is 14.9. The number of nitrogens with zero attached hydrogens (tertiary/aromatic N) is 2. The van der Waals surface area contributed by atoms with Crippen LogP contribution in [-0.4, -0.2) is 77.7 Å². The molecular formula is C33H44N4O6. The fourth-order valence-corrected chi connectivity index (χ4v) is 5.55. The topological polar surface area (TPSA) is 117 Å². The first kappa shape index (κ1) is 31.8. The van der Waals surface area contributed by atoms with E-state index >= 15 is 0 Å². The van der Waals surface area contributed by atoms with E-state index in [1.54, 1.807) is 9.80 Å². The van der Waals surface area contributed by atoms with Crippen molar-refractivity contribution in [2.75, 3.05) is 26.2 Å². The minimum Gasteiger partial charge on any atom is -0.445 e. The number of rotatable bonds is 9. The lowest BCUT2D eigenvalue weighted by molar-refractivity contribution is -0.140. The molecule has 2 fully saturated rings. The minimum atomic E-state index is -0.889. The van der Waals surface area contributed by atoms with Crippen LogP contribution in [0.4, 0.5) is 9.59 Å². The Morgan fingerprint density at radius 3 is 2.23 bits per heavy atom. The Hall–Kier alpha value is -4.08. The van der Waals surface area contributed by atoms with Crippen LogP contribution in [-0.2, 0) is 32.1 Å². The van der Waals surface area contributed by atoms with Crippen LogP contribution in [0.2, 0.25) is 0 Å². The van der Waals surface area contributed by atoms with Gasteiger partial charge in [-0.15, -0.1) is 0 Å². The molecule has 0 saturated carbocycles. The van der Waals surface area contributed by atoms with Gasteiger partial charge < -0.3 is 29.9 Å². The maximum absolute atomic E-state index is 13.8. The molecule has 2 aromatic carbocycles. The molecule has 10 heteroatoms. The Kier molecular flexibility index (Phi) is 11.0. The number of ether oxygens (including phenoxy) is 2. The molecule has 10 nitrogen and oxygen atoms in total. The highest BCUT2D eigenvalue weighted by Crippen LogP contribution is 2.22. The molecule has 4 amide bonds. The molecule has 4 rings (SSSR count). The van der Waals surface area contributed by atoms with Gasteiger partial charge in [-0.3, -0.25) is 9.59 Å². The van der Waals surface area contributed by atoms with Gasteiger partial charge in [0, 0.05) is 32.6 Å². The molecule has 0 aliphatic carbocycles. The van der Waals surface area contributed by atoms with Crippen molar-refractivity contribution in [3.05, 3.63) is 71.8 Å². The quantitative estimate of drug-likeness (QED) is 0.449.